The highest BCUT2D eigenvalue weighted by molar-refractivity contribution is 4.78. The monoisotopic (exact) mass is 240 g/mol. The highest BCUT2D eigenvalue weighted by Crippen LogP contribution is 2.30. The zero-order chi connectivity index (χ0) is 12.1. The Bertz CT molecular complexity index is 208. The summed E-state index contributed by atoms with van der Waals surface area (Å²) >= 11 is 0. The summed E-state index contributed by atoms with van der Waals surface area (Å²) in [7, 11) is 2.20. The molecule has 100 valence electrons. The summed E-state index contributed by atoms with van der Waals surface area (Å²) in [5.74, 6) is 1.31. The van der Waals surface area contributed by atoms with Crippen LogP contribution < -0.4 is 0 Å². The summed E-state index contributed by atoms with van der Waals surface area (Å²) in [5.41, 5.74) is 0. The van der Waals surface area contributed by atoms with Crippen LogP contribution in [-0.2, 0) is 0 Å². The molecular formula is C14H28N2O. The maximum Gasteiger partial charge on any atom is 0.0474 e. The normalized spacial score (nSPS) is 27.2. The molecule has 0 spiro atoms. The highest BCUT2D eigenvalue weighted by atomic mass is 16.3. The molecular weight excluding hydrogens is 212 g/mol. The molecule has 0 amide bonds. The maximum absolute atomic E-state index is 9.62. The highest BCUT2D eigenvalue weighted by Gasteiger charge is 2.26. The van der Waals surface area contributed by atoms with Gasteiger partial charge < -0.3 is 14.9 Å². The second-order valence-corrected chi connectivity index (χ2v) is 5.94. The third-order valence-corrected chi connectivity index (χ3v) is 4.64. The van der Waals surface area contributed by atoms with E-state index in [9.17, 15) is 5.11 Å². The van der Waals surface area contributed by atoms with E-state index < -0.39 is 0 Å². The quantitative estimate of drug-likeness (QED) is 0.805. The Labute approximate surface area is 106 Å². The van der Waals surface area contributed by atoms with Crippen molar-refractivity contribution in [3.8, 4) is 0 Å². The summed E-state index contributed by atoms with van der Waals surface area (Å²) in [6, 6.07) is 0. The molecule has 1 saturated heterocycles. The van der Waals surface area contributed by atoms with E-state index in [1.807, 2.05) is 0 Å². The van der Waals surface area contributed by atoms with Crippen molar-refractivity contribution in [1.29, 1.82) is 0 Å². The second-order valence-electron chi connectivity index (χ2n) is 5.94. The van der Waals surface area contributed by atoms with Crippen LogP contribution in [-0.4, -0.2) is 61.3 Å². The number of aliphatic hydroxyl groups excluding tert-OH is 1. The van der Waals surface area contributed by atoms with Gasteiger partial charge in [0, 0.05) is 39.3 Å². The molecule has 2 rings (SSSR count). The van der Waals surface area contributed by atoms with Gasteiger partial charge in [0.1, 0.15) is 0 Å². The lowest BCUT2D eigenvalue weighted by molar-refractivity contribution is 0.0770. The zero-order valence-electron chi connectivity index (χ0n) is 11.3. The number of likely N-dealkylation sites (N-methyl/N-ethyl adjacent to an activating group) is 1. The van der Waals surface area contributed by atoms with E-state index in [1.54, 1.807) is 0 Å². The fraction of sp³-hybridized carbons (Fsp3) is 1.00. The van der Waals surface area contributed by atoms with Crippen LogP contribution in [0.15, 0.2) is 0 Å². The molecule has 2 aliphatic rings. The van der Waals surface area contributed by atoms with Crippen LogP contribution >= 0.6 is 0 Å². The molecule has 1 aliphatic heterocycles. The molecule has 3 heteroatoms. The average Bonchev–Trinajstić information content (AvgIpc) is 2.39. The summed E-state index contributed by atoms with van der Waals surface area (Å²) in [6.45, 7) is 6.23. The molecule has 3 nitrogen and oxygen atoms in total. The van der Waals surface area contributed by atoms with E-state index in [0.717, 1.165) is 12.5 Å². The number of piperazine rings is 1. The van der Waals surface area contributed by atoms with Gasteiger partial charge in [-0.15, -0.1) is 0 Å². The van der Waals surface area contributed by atoms with Gasteiger partial charge in [0.05, 0.1) is 0 Å². The number of aliphatic hydroxyl groups is 1. The van der Waals surface area contributed by atoms with Crippen molar-refractivity contribution >= 4 is 0 Å². The molecule has 0 radical (unpaired) electrons. The summed E-state index contributed by atoms with van der Waals surface area (Å²) in [5, 5.41) is 9.62. The molecule has 0 aromatic heterocycles. The van der Waals surface area contributed by atoms with Gasteiger partial charge in [-0.1, -0.05) is 32.1 Å². The van der Waals surface area contributed by atoms with Gasteiger partial charge in [-0.3, -0.25) is 0 Å². The SMILES string of the molecule is CN1CCN(CC(CO)C2CCCCC2)CC1. The van der Waals surface area contributed by atoms with Gasteiger partial charge >= 0.3 is 0 Å². The van der Waals surface area contributed by atoms with Crippen LogP contribution in [0.25, 0.3) is 0 Å². The van der Waals surface area contributed by atoms with Gasteiger partial charge in [-0.05, 0) is 18.9 Å². The van der Waals surface area contributed by atoms with E-state index in [4.69, 9.17) is 0 Å². The molecule has 1 heterocycles. The first-order valence-corrected chi connectivity index (χ1v) is 7.31. The van der Waals surface area contributed by atoms with Gasteiger partial charge in [-0.2, -0.15) is 0 Å². The van der Waals surface area contributed by atoms with Crippen LogP contribution in [0.5, 0.6) is 0 Å². The Kier molecular flexibility index (Phi) is 5.26. The lowest BCUT2D eigenvalue weighted by atomic mass is 9.80. The number of hydrogen-bond acceptors (Lipinski definition) is 3. The molecule has 0 aromatic carbocycles. The van der Waals surface area contributed by atoms with Gasteiger partial charge in [0.15, 0.2) is 0 Å². The van der Waals surface area contributed by atoms with Crippen LogP contribution in [0.3, 0.4) is 0 Å². The second kappa shape index (κ2) is 6.72. The van der Waals surface area contributed by atoms with Crippen molar-refractivity contribution in [2.75, 3.05) is 46.4 Å². The third kappa shape index (κ3) is 3.94. The van der Waals surface area contributed by atoms with E-state index in [2.05, 4.69) is 16.8 Å². The van der Waals surface area contributed by atoms with Crippen molar-refractivity contribution in [2.45, 2.75) is 32.1 Å². The predicted molar refractivity (Wildman–Crippen MR) is 71.1 cm³/mol. The molecule has 1 atom stereocenters. The van der Waals surface area contributed by atoms with Crippen LogP contribution in [0.1, 0.15) is 32.1 Å². The molecule has 1 unspecified atom stereocenters. The van der Waals surface area contributed by atoms with Crippen LogP contribution in [0.4, 0.5) is 0 Å². The lowest BCUT2D eigenvalue weighted by Gasteiger charge is -2.37. The molecule has 1 N–H and O–H groups in total. The van der Waals surface area contributed by atoms with Gasteiger partial charge in [0.2, 0.25) is 0 Å². The minimum atomic E-state index is 0.386. The summed E-state index contributed by atoms with van der Waals surface area (Å²) < 4.78 is 0. The van der Waals surface area contributed by atoms with Crippen LogP contribution in [0, 0.1) is 11.8 Å². The zero-order valence-corrected chi connectivity index (χ0v) is 11.3. The molecule has 0 aromatic rings. The summed E-state index contributed by atoms with van der Waals surface area (Å²) in [4.78, 5) is 4.94. The molecule has 2 fully saturated rings. The van der Waals surface area contributed by atoms with Crippen molar-refractivity contribution in [1.82, 2.24) is 9.80 Å². The smallest absolute Gasteiger partial charge is 0.0474 e. The van der Waals surface area contributed by atoms with E-state index >= 15 is 0 Å². The Morgan fingerprint density at radius 1 is 1.06 bits per heavy atom. The van der Waals surface area contributed by atoms with E-state index in [1.165, 1.54) is 58.3 Å². The Balaban J connectivity index is 1.78. The largest absolute Gasteiger partial charge is 0.396 e. The summed E-state index contributed by atoms with van der Waals surface area (Å²) in [6.07, 6.45) is 6.86. The maximum atomic E-state index is 9.62. The number of hydrogen-bond donors (Lipinski definition) is 1. The predicted octanol–water partition coefficient (Wildman–Crippen LogP) is 1.42. The standard InChI is InChI=1S/C14H28N2O/c1-15-7-9-16(10-8-15)11-14(12-17)13-5-3-2-4-6-13/h13-14,17H,2-12H2,1H3. The third-order valence-electron chi connectivity index (χ3n) is 4.64. The van der Waals surface area contributed by atoms with Gasteiger partial charge in [-0.25, -0.2) is 0 Å². The van der Waals surface area contributed by atoms with E-state index in [0.29, 0.717) is 12.5 Å². The number of nitrogens with zero attached hydrogens (tertiary/aromatic N) is 2. The Morgan fingerprint density at radius 3 is 2.29 bits per heavy atom. The first-order valence-electron chi connectivity index (χ1n) is 7.31. The topological polar surface area (TPSA) is 26.7 Å². The molecule has 0 bridgehead atoms. The minimum absolute atomic E-state index is 0.386. The van der Waals surface area contributed by atoms with Crippen molar-refractivity contribution in [3.05, 3.63) is 0 Å². The first kappa shape index (κ1) is 13.3. The fourth-order valence-electron chi connectivity index (χ4n) is 3.32. The van der Waals surface area contributed by atoms with E-state index in [-0.39, 0.29) is 0 Å². The first-order chi connectivity index (χ1) is 8.29. The molecule has 1 aliphatic carbocycles. The molecule has 17 heavy (non-hydrogen) atoms. The Morgan fingerprint density at radius 2 is 1.71 bits per heavy atom. The van der Waals surface area contributed by atoms with Crippen LogP contribution in [0.2, 0.25) is 0 Å². The Hall–Kier alpha value is -0.120. The van der Waals surface area contributed by atoms with Crippen molar-refractivity contribution < 1.29 is 5.11 Å². The fourth-order valence-corrected chi connectivity index (χ4v) is 3.32. The molecule has 1 saturated carbocycles. The van der Waals surface area contributed by atoms with Crippen molar-refractivity contribution in [3.63, 3.8) is 0 Å². The minimum Gasteiger partial charge on any atom is -0.396 e. The van der Waals surface area contributed by atoms with Crippen molar-refractivity contribution in [2.24, 2.45) is 11.8 Å². The lowest BCUT2D eigenvalue weighted by Crippen LogP contribution is -2.47. The average molecular weight is 240 g/mol. The van der Waals surface area contributed by atoms with Gasteiger partial charge in [0.25, 0.3) is 0 Å². The number of rotatable bonds is 4.